The minimum Gasteiger partial charge on any atom is -0.457 e. The maximum Gasteiger partial charge on any atom is 0.417 e. The average molecular weight is 541 g/mol. The maximum absolute atomic E-state index is 14.1. The Morgan fingerprint density at radius 3 is 2.25 bits per heavy atom. The summed E-state index contributed by atoms with van der Waals surface area (Å²) in [6, 6.07) is 28.4. The number of carbonyl (C=O) groups excluding carboxylic acids is 2. The molecule has 0 saturated heterocycles. The van der Waals surface area contributed by atoms with E-state index in [9.17, 15) is 22.8 Å². The highest BCUT2D eigenvalue weighted by Gasteiger charge is 2.38. The number of aryl methyl sites for hydroxylation is 1. The molecule has 5 nitrogen and oxygen atoms in total. The van der Waals surface area contributed by atoms with Crippen LogP contribution in [-0.4, -0.2) is 16.9 Å². The third kappa shape index (κ3) is 5.71. The first-order chi connectivity index (χ1) is 19.2. The summed E-state index contributed by atoms with van der Waals surface area (Å²) in [7, 11) is 0. The zero-order valence-corrected chi connectivity index (χ0v) is 21.3. The molecular formula is C32H23F3N2O3. The summed E-state index contributed by atoms with van der Waals surface area (Å²) >= 11 is 0. The Hall–Kier alpha value is -4.98. The number of esters is 1. The molecule has 0 fully saturated rings. The van der Waals surface area contributed by atoms with Gasteiger partial charge in [-0.1, -0.05) is 72.8 Å². The van der Waals surface area contributed by atoms with Crippen molar-refractivity contribution in [1.29, 1.82) is 0 Å². The number of ether oxygens (including phenoxy) is 1. The Kier molecular flexibility index (Phi) is 7.33. The molecule has 5 rings (SSSR count). The number of alkyl halides is 3. The van der Waals surface area contributed by atoms with Crippen molar-refractivity contribution in [1.82, 2.24) is 4.98 Å². The van der Waals surface area contributed by atoms with Gasteiger partial charge >= 0.3 is 12.1 Å². The molecule has 1 heterocycles. The van der Waals surface area contributed by atoms with Crippen molar-refractivity contribution in [3.8, 4) is 11.1 Å². The first-order valence-corrected chi connectivity index (χ1v) is 12.4. The summed E-state index contributed by atoms with van der Waals surface area (Å²) in [5, 5.41) is 3.14. The van der Waals surface area contributed by atoms with Crippen LogP contribution >= 0.6 is 0 Å². The van der Waals surface area contributed by atoms with Gasteiger partial charge in [0.2, 0.25) is 0 Å². The number of nitrogens with one attached hydrogen (secondary N) is 1. The van der Waals surface area contributed by atoms with E-state index in [0.717, 1.165) is 5.56 Å². The summed E-state index contributed by atoms with van der Waals surface area (Å²) in [4.78, 5) is 30.3. The van der Waals surface area contributed by atoms with Gasteiger partial charge < -0.3 is 10.1 Å². The molecule has 0 aliphatic heterocycles. The number of aromatic nitrogens is 1. The molecule has 0 atom stereocenters. The van der Waals surface area contributed by atoms with Gasteiger partial charge in [-0.25, -0.2) is 9.78 Å². The molecule has 0 spiro atoms. The second-order valence-corrected chi connectivity index (χ2v) is 9.16. The summed E-state index contributed by atoms with van der Waals surface area (Å²) in [5.74, 6) is -1.36. The molecule has 0 radical (unpaired) electrons. The third-order valence-corrected chi connectivity index (χ3v) is 6.39. The van der Waals surface area contributed by atoms with Gasteiger partial charge in [0.25, 0.3) is 5.91 Å². The van der Waals surface area contributed by atoms with Crippen LogP contribution in [0.15, 0.2) is 103 Å². The quantitative estimate of drug-likeness (QED) is 0.223. The van der Waals surface area contributed by atoms with Crippen molar-refractivity contribution in [2.24, 2.45) is 0 Å². The van der Waals surface area contributed by atoms with E-state index in [2.05, 4.69) is 10.3 Å². The summed E-state index contributed by atoms with van der Waals surface area (Å²) < 4.78 is 47.8. The van der Waals surface area contributed by atoms with Crippen LogP contribution < -0.4 is 5.32 Å². The SMILES string of the molecule is Cc1ccc(-c2ccccc2)c(C(=O)Nc2ccc3cc(C(=O)OCc4ccccc4)ccc3n2)c1C(F)(F)F. The highest BCUT2D eigenvalue weighted by atomic mass is 19.4. The fourth-order valence-electron chi connectivity index (χ4n) is 4.47. The number of rotatable bonds is 6. The lowest BCUT2D eigenvalue weighted by Gasteiger charge is -2.19. The zero-order chi connectivity index (χ0) is 28.3. The summed E-state index contributed by atoms with van der Waals surface area (Å²) in [6.45, 7) is 1.45. The molecule has 0 aliphatic rings. The van der Waals surface area contributed by atoms with Crippen LogP contribution in [0.5, 0.6) is 0 Å². The Bertz CT molecular complexity index is 1700. The molecule has 1 aromatic heterocycles. The fraction of sp³-hybridized carbons (Fsp3) is 0.0938. The van der Waals surface area contributed by atoms with Gasteiger partial charge in [0.05, 0.1) is 22.2 Å². The van der Waals surface area contributed by atoms with E-state index < -0.39 is 29.2 Å². The smallest absolute Gasteiger partial charge is 0.417 e. The summed E-state index contributed by atoms with van der Waals surface area (Å²) in [6.07, 6.45) is -4.75. The first-order valence-electron chi connectivity index (χ1n) is 12.4. The molecule has 1 amide bonds. The van der Waals surface area contributed by atoms with E-state index >= 15 is 0 Å². The van der Waals surface area contributed by atoms with E-state index in [1.807, 2.05) is 30.3 Å². The lowest BCUT2D eigenvalue weighted by atomic mass is 9.91. The van der Waals surface area contributed by atoms with E-state index in [-0.39, 0.29) is 23.6 Å². The summed E-state index contributed by atoms with van der Waals surface area (Å²) in [5.41, 5.74) is 0.742. The molecule has 40 heavy (non-hydrogen) atoms. The molecule has 0 saturated carbocycles. The number of anilines is 1. The van der Waals surface area contributed by atoms with Crippen LogP contribution in [-0.2, 0) is 17.5 Å². The van der Waals surface area contributed by atoms with E-state index in [1.54, 1.807) is 54.6 Å². The first kappa shape index (κ1) is 26.6. The second kappa shape index (κ2) is 11.0. The van der Waals surface area contributed by atoms with Crippen molar-refractivity contribution in [2.45, 2.75) is 19.7 Å². The molecule has 1 N–H and O–H groups in total. The number of pyridine rings is 1. The number of carbonyl (C=O) groups is 2. The van der Waals surface area contributed by atoms with Crippen LogP contribution in [0.4, 0.5) is 19.0 Å². The minimum atomic E-state index is -4.75. The van der Waals surface area contributed by atoms with Gasteiger partial charge in [0.1, 0.15) is 12.4 Å². The monoisotopic (exact) mass is 540 g/mol. The van der Waals surface area contributed by atoms with Gasteiger partial charge in [-0.2, -0.15) is 13.2 Å². The molecule has 0 aliphatic carbocycles. The highest BCUT2D eigenvalue weighted by Crippen LogP contribution is 2.39. The number of fused-ring (bicyclic) bond motifs is 1. The predicted molar refractivity (Wildman–Crippen MR) is 147 cm³/mol. The number of nitrogens with zero attached hydrogens (tertiary/aromatic N) is 1. The third-order valence-electron chi connectivity index (χ3n) is 6.39. The molecule has 200 valence electrons. The van der Waals surface area contributed by atoms with Gasteiger partial charge in [-0.05, 0) is 59.5 Å². The molecular weight excluding hydrogens is 517 g/mol. The molecule has 4 aromatic carbocycles. The number of hydrogen-bond donors (Lipinski definition) is 1. The number of halogens is 3. The van der Waals surface area contributed by atoms with Crippen LogP contribution in [0.1, 0.15) is 37.4 Å². The molecule has 5 aromatic rings. The second-order valence-electron chi connectivity index (χ2n) is 9.16. The van der Waals surface area contributed by atoms with Crippen molar-refractivity contribution in [3.63, 3.8) is 0 Å². The van der Waals surface area contributed by atoms with Crippen molar-refractivity contribution in [2.75, 3.05) is 5.32 Å². The highest BCUT2D eigenvalue weighted by molar-refractivity contribution is 6.10. The molecule has 0 bridgehead atoms. The van der Waals surface area contributed by atoms with Crippen molar-refractivity contribution < 1.29 is 27.5 Å². The Labute approximate surface area is 228 Å². The topological polar surface area (TPSA) is 68.3 Å². The average Bonchev–Trinajstić information content (AvgIpc) is 2.95. The van der Waals surface area contributed by atoms with Crippen molar-refractivity contribution in [3.05, 3.63) is 131 Å². The predicted octanol–water partition coefficient (Wildman–Crippen LogP) is 7.84. The standard InChI is InChI=1S/C32H23F3N2O3/c1-20-12-15-25(22-10-6-3-7-11-22)28(29(20)32(33,34)35)30(38)37-27-17-14-23-18-24(13-16-26(23)36-27)31(39)40-19-21-8-4-2-5-9-21/h2-18H,19H2,1H3,(H,36,37,38). The Morgan fingerprint density at radius 1 is 0.850 bits per heavy atom. The lowest BCUT2D eigenvalue weighted by molar-refractivity contribution is -0.138. The van der Waals surface area contributed by atoms with E-state index in [0.29, 0.717) is 22.0 Å². The minimum absolute atomic E-state index is 0.0597. The Balaban J connectivity index is 1.42. The molecule has 0 unspecified atom stereocenters. The van der Waals surface area contributed by atoms with Gasteiger partial charge in [0, 0.05) is 5.39 Å². The fourth-order valence-corrected chi connectivity index (χ4v) is 4.47. The normalized spacial score (nSPS) is 11.3. The van der Waals surface area contributed by atoms with Gasteiger partial charge in [-0.15, -0.1) is 0 Å². The van der Waals surface area contributed by atoms with Gasteiger partial charge in [0.15, 0.2) is 0 Å². The van der Waals surface area contributed by atoms with Crippen LogP contribution in [0.3, 0.4) is 0 Å². The van der Waals surface area contributed by atoms with E-state index in [4.69, 9.17) is 4.74 Å². The van der Waals surface area contributed by atoms with E-state index in [1.165, 1.54) is 25.1 Å². The molecule has 8 heteroatoms. The zero-order valence-electron chi connectivity index (χ0n) is 21.3. The van der Waals surface area contributed by atoms with Crippen molar-refractivity contribution >= 4 is 28.6 Å². The maximum atomic E-state index is 14.1. The largest absolute Gasteiger partial charge is 0.457 e. The Morgan fingerprint density at radius 2 is 1.55 bits per heavy atom. The van der Waals surface area contributed by atoms with Crippen LogP contribution in [0.2, 0.25) is 0 Å². The van der Waals surface area contributed by atoms with Crippen LogP contribution in [0, 0.1) is 6.92 Å². The lowest BCUT2D eigenvalue weighted by Crippen LogP contribution is -2.21. The number of amides is 1. The van der Waals surface area contributed by atoms with Crippen LogP contribution in [0.25, 0.3) is 22.0 Å². The van der Waals surface area contributed by atoms with Gasteiger partial charge in [-0.3, -0.25) is 4.79 Å². The number of hydrogen-bond acceptors (Lipinski definition) is 4. The number of benzene rings is 4.